The van der Waals surface area contributed by atoms with E-state index in [1.54, 1.807) is 12.4 Å². The highest BCUT2D eigenvalue weighted by molar-refractivity contribution is 5.58. The Bertz CT molecular complexity index is 604. The normalized spacial score (nSPS) is 11.7. The van der Waals surface area contributed by atoms with E-state index in [2.05, 4.69) is 15.3 Å². The van der Waals surface area contributed by atoms with E-state index < -0.39 is 4.92 Å². The van der Waals surface area contributed by atoms with Gasteiger partial charge in [-0.05, 0) is 24.6 Å². The molecule has 0 saturated heterocycles. The third-order valence-corrected chi connectivity index (χ3v) is 2.81. The standard InChI is InChI=1S/C13H14N4O3/c1-9(10-5-7-14-8-6-10)15-13-11(17(18)19)3-4-12(16-13)20-2/h3-9H,1-2H3,(H,15,16). The molecule has 104 valence electrons. The predicted octanol–water partition coefficient (Wildman–Crippen LogP) is 2.57. The van der Waals surface area contributed by atoms with Gasteiger partial charge in [0.15, 0.2) is 0 Å². The van der Waals surface area contributed by atoms with Gasteiger partial charge in [0.05, 0.1) is 18.1 Å². The molecule has 0 saturated carbocycles. The quantitative estimate of drug-likeness (QED) is 0.665. The molecule has 0 aliphatic heterocycles. The maximum Gasteiger partial charge on any atom is 0.311 e. The van der Waals surface area contributed by atoms with E-state index in [1.165, 1.54) is 19.2 Å². The Hall–Kier alpha value is -2.70. The van der Waals surface area contributed by atoms with E-state index in [4.69, 9.17) is 4.74 Å². The maximum absolute atomic E-state index is 11.0. The number of nitrogens with one attached hydrogen (secondary N) is 1. The van der Waals surface area contributed by atoms with Gasteiger partial charge >= 0.3 is 5.69 Å². The molecule has 0 bridgehead atoms. The zero-order valence-electron chi connectivity index (χ0n) is 11.1. The van der Waals surface area contributed by atoms with Gasteiger partial charge in [0, 0.05) is 24.5 Å². The van der Waals surface area contributed by atoms with Crippen molar-refractivity contribution in [2.75, 3.05) is 12.4 Å². The van der Waals surface area contributed by atoms with Gasteiger partial charge in [-0.3, -0.25) is 15.1 Å². The number of anilines is 1. The van der Waals surface area contributed by atoms with Gasteiger partial charge in [0.2, 0.25) is 11.7 Å². The second-order valence-electron chi connectivity index (χ2n) is 4.13. The summed E-state index contributed by atoms with van der Waals surface area (Å²) in [6.07, 6.45) is 3.34. The van der Waals surface area contributed by atoms with E-state index in [1.807, 2.05) is 19.1 Å². The van der Waals surface area contributed by atoms with Crippen molar-refractivity contribution in [2.45, 2.75) is 13.0 Å². The van der Waals surface area contributed by atoms with Crippen molar-refractivity contribution in [3.8, 4) is 5.88 Å². The molecule has 1 atom stereocenters. The molecule has 7 nitrogen and oxygen atoms in total. The molecule has 2 rings (SSSR count). The van der Waals surface area contributed by atoms with Crippen LogP contribution < -0.4 is 10.1 Å². The fraction of sp³-hybridized carbons (Fsp3) is 0.231. The molecular formula is C13H14N4O3. The van der Waals surface area contributed by atoms with Crippen LogP contribution in [0.1, 0.15) is 18.5 Å². The third kappa shape index (κ3) is 3.00. The average Bonchev–Trinajstić information content (AvgIpc) is 2.47. The molecule has 1 N–H and O–H groups in total. The summed E-state index contributed by atoms with van der Waals surface area (Å²) in [5, 5.41) is 14.0. The zero-order chi connectivity index (χ0) is 14.5. The van der Waals surface area contributed by atoms with Gasteiger partial charge in [-0.15, -0.1) is 0 Å². The number of pyridine rings is 2. The number of hydrogen-bond acceptors (Lipinski definition) is 6. The largest absolute Gasteiger partial charge is 0.481 e. The van der Waals surface area contributed by atoms with Crippen molar-refractivity contribution < 1.29 is 9.66 Å². The molecule has 0 aliphatic rings. The van der Waals surface area contributed by atoms with Crippen LogP contribution in [0.15, 0.2) is 36.7 Å². The van der Waals surface area contributed by atoms with Crippen LogP contribution in [-0.2, 0) is 0 Å². The Kier molecular flexibility index (Phi) is 4.09. The number of nitrogens with zero attached hydrogens (tertiary/aromatic N) is 3. The lowest BCUT2D eigenvalue weighted by molar-refractivity contribution is -0.384. The maximum atomic E-state index is 11.0. The highest BCUT2D eigenvalue weighted by atomic mass is 16.6. The minimum atomic E-state index is -0.478. The third-order valence-electron chi connectivity index (χ3n) is 2.81. The lowest BCUT2D eigenvalue weighted by Crippen LogP contribution is -2.10. The van der Waals surface area contributed by atoms with Crippen LogP contribution >= 0.6 is 0 Å². The van der Waals surface area contributed by atoms with Crippen LogP contribution in [0, 0.1) is 10.1 Å². The molecule has 0 spiro atoms. The van der Waals surface area contributed by atoms with Gasteiger partial charge in [0.25, 0.3) is 0 Å². The highest BCUT2D eigenvalue weighted by Crippen LogP contribution is 2.28. The van der Waals surface area contributed by atoms with Crippen LogP contribution in [0.5, 0.6) is 5.88 Å². The Balaban J connectivity index is 2.29. The molecule has 0 radical (unpaired) electrons. The summed E-state index contributed by atoms with van der Waals surface area (Å²) in [7, 11) is 1.46. The minimum Gasteiger partial charge on any atom is -0.481 e. The first-order chi connectivity index (χ1) is 9.61. The lowest BCUT2D eigenvalue weighted by Gasteiger charge is -2.15. The number of nitro groups is 1. The number of rotatable bonds is 5. The van der Waals surface area contributed by atoms with Crippen LogP contribution in [0.3, 0.4) is 0 Å². The SMILES string of the molecule is COc1ccc([N+](=O)[O-])c(NC(C)c2ccncc2)n1. The molecule has 2 heterocycles. The summed E-state index contributed by atoms with van der Waals surface area (Å²) in [6, 6.07) is 6.36. The van der Waals surface area contributed by atoms with Crippen molar-refractivity contribution in [1.29, 1.82) is 0 Å². The number of methoxy groups -OCH3 is 1. The summed E-state index contributed by atoms with van der Waals surface area (Å²) in [6.45, 7) is 1.89. The molecule has 2 aromatic heterocycles. The molecule has 2 aromatic rings. The van der Waals surface area contributed by atoms with Gasteiger partial charge < -0.3 is 10.1 Å². The van der Waals surface area contributed by atoms with E-state index in [-0.39, 0.29) is 17.5 Å². The molecule has 0 aliphatic carbocycles. The Labute approximate surface area is 115 Å². The second kappa shape index (κ2) is 5.96. The predicted molar refractivity (Wildman–Crippen MR) is 73.7 cm³/mol. The molecule has 7 heteroatoms. The van der Waals surface area contributed by atoms with Gasteiger partial charge in [-0.1, -0.05) is 0 Å². The first-order valence-electron chi connectivity index (χ1n) is 5.97. The zero-order valence-corrected chi connectivity index (χ0v) is 11.1. The minimum absolute atomic E-state index is 0.0910. The average molecular weight is 274 g/mol. The molecular weight excluding hydrogens is 260 g/mol. The molecule has 20 heavy (non-hydrogen) atoms. The summed E-state index contributed by atoms with van der Waals surface area (Å²) in [5.74, 6) is 0.499. The molecule has 0 amide bonds. The second-order valence-corrected chi connectivity index (χ2v) is 4.13. The Morgan fingerprint density at radius 3 is 2.60 bits per heavy atom. The summed E-state index contributed by atoms with van der Waals surface area (Å²) < 4.78 is 4.99. The van der Waals surface area contributed by atoms with Crippen molar-refractivity contribution in [3.63, 3.8) is 0 Å². The first-order valence-corrected chi connectivity index (χ1v) is 5.97. The summed E-state index contributed by atoms with van der Waals surface area (Å²) in [5.41, 5.74) is 0.866. The Morgan fingerprint density at radius 1 is 1.30 bits per heavy atom. The fourth-order valence-electron chi connectivity index (χ4n) is 1.74. The molecule has 0 fully saturated rings. The smallest absolute Gasteiger partial charge is 0.311 e. The van der Waals surface area contributed by atoms with E-state index in [0.717, 1.165) is 5.56 Å². The topological polar surface area (TPSA) is 90.2 Å². The first kappa shape index (κ1) is 13.7. The van der Waals surface area contributed by atoms with Crippen molar-refractivity contribution in [3.05, 3.63) is 52.3 Å². The van der Waals surface area contributed by atoms with Gasteiger partial charge in [-0.25, -0.2) is 0 Å². The van der Waals surface area contributed by atoms with E-state index in [0.29, 0.717) is 5.88 Å². The van der Waals surface area contributed by atoms with Crippen LogP contribution in [-0.4, -0.2) is 22.0 Å². The van der Waals surface area contributed by atoms with Crippen LogP contribution in [0.2, 0.25) is 0 Å². The van der Waals surface area contributed by atoms with Gasteiger partial charge in [0.1, 0.15) is 0 Å². The van der Waals surface area contributed by atoms with Gasteiger partial charge in [-0.2, -0.15) is 4.98 Å². The summed E-state index contributed by atoms with van der Waals surface area (Å²) >= 11 is 0. The number of ether oxygens (including phenoxy) is 1. The van der Waals surface area contributed by atoms with Crippen LogP contribution in [0.4, 0.5) is 11.5 Å². The van der Waals surface area contributed by atoms with Crippen molar-refractivity contribution >= 4 is 11.5 Å². The molecule has 1 unspecified atom stereocenters. The van der Waals surface area contributed by atoms with Crippen molar-refractivity contribution in [1.82, 2.24) is 9.97 Å². The number of hydrogen-bond donors (Lipinski definition) is 1. The van der Waals surface area contributed by atoms with E-state index >= 15 is 0 Å². The van der Waals surface area contributed by atoms with Crippen LogP contribution in [0.25, 0.3) is 0 Å². The fourth-order valence-corrected chi connectivity index (χ4v) is 1.74. The monoisotopic (exact) mass is 274 g/mol. The lowest BCUT2D eigenvalue weighted by atomic mass is 10.1. The molecule has 0 aromatic carbocycles. The van der Waals surface area contributed by atoms with Crippen molar-refractivity contribution in [2.24, 2.45) is 0 Å². The number of aromatic nitrogens is 2. The Morgan fingerprint density at radius 2 is 2.00 bits per heavy atom. The summed E-state index contributed by atoms with van der Waals surface area (Å²) in [4.78, 5) is 18.6. The van der Waals surface area contributed by atoms with E-state index in [9.17, 15) is 10.1 Å². The highest BCUT2D eigenvalue weighted by Gasteiger charge is 2.18.